The number of phenols is 1. The van der Waals surface area contributed by atoms with Gasteiger partial charge in [-0.1, -0.05) is 32.4 Å². The standard InChI is InChI=1S/C25H36ClNO3/c1-9-19(30-23-10-15(4)22(26)11-20(23)14(2)3)12-27-13-21-18(7)24(28)16(5)17(6)25(21)29-8/h10-11,14,19,27-28H,9,12-13H2,1-8H3. The van der Waals surface area contributed by atoms with Gasteiger partial charge < -0.3 is 19.9 Å². The van der Waals surface area contributed by atoms with Crippen LogP contribution in [-0.2, 0) is 6.54 Å². The van der Waals surface area contributed by atoms with E-state index in [9.17, 15) is 5.11 Å². The fourth-order valence-electron chi connectivity index (χ4n) is 3.69. The maximum absolute atomic E-state index is 10.4. The molecule has 0 spiro atoms. The molecule has 0 aliphatic carbocycles. The highest BCUT2D eigenvalue weighted by Gasteiger charge is 2.19. The molecule has 0 aliphatic heterocycles. The van der Waals surface area contributed by atoms with Crippen molar-refractivity contribution in [2.24, 2.45) is 0 Å². The number of ether oxygens (including phenoxy) is 2. The number of methoxy groups -OCH3 is 1. The fourth-order valence-corrected chi connectivity index (χ4v) is 3.86. The Morgan fingerprint density at radius 3 is 2.30 bits per heavy atom. The Labute approximate surface area is 186 Å². The Kier molecular flexibility index (Phi) is 8.45. The number of phenolic OH excluding ortho intramolecular Hbond substituents is 1. The van der Waals surface area contributed by atoms with Gasteiger partial charge in [-0.15, -0.1) is 0 Å². The second-order valence-corrected chi connectivity index (χ2v) is 8.72. The molecular formula is C25H36ClNO3. The Morgan fingerprint density at radius 1 is 1.07 bits per heavy atom. The second-order valence-electron chi connectivity index (χ2n) is 8.31. The summed E-state index contributed by atoms with van der Waals surface area (Å²) in [5, 5.41) is 14.7. The quantitative estimate of drug-likeness (QED) is 0.483. The van der Waals surface area contributed by atoms with Crippen molar-refractivity contribution in [2.75, 3.05) is 13.7 Å². The van der Waals surface area contributed by atoms with Crippen LogP contribution in [0.4, 0.5) is 0 Å². The van der Waals surface area contributed by atoms with Crippen LogP contribution in [0, 0.1) is 27.7 Å². The van der Waals surface area contributed by atoms with E-state index >= 15 is 0 Å². The van der Waals surface area contributed by atoms with Gasteiger partial charge in [-0.25, -0.2) is 0 Å². The molecule has 2 rings (SSSR count). The molecule has 1 unspecified atom stereocenters. The van der Waals surface area contributed by atoms with Crippen LogP contribution in [0.5, 0.6) is 17.2 Å². The van der Waals surface area contributed by atoms with Crippen LogP contribution >= 0.6 is 11.6 Å². The lowest BCUT2D eigenvalue weighted by Crippen LogP contribution is -2.31. The van der Waals surface area contributed by atoms with Gasteiger partial charge in [0.15, 0.2) is 0 Å². The summed E-state index contributed by atoms with van der Waals surface area (Å²) in [6, 6.07) is 4.05. The zero-order valence-electron chi connectivity index (χ0n) is 19.6. The van der Waals surface area contributed by atoms with Crippen LogP contribution < -0.4 is 14.8 Å². The summed E-state index contributed by atoms with van der Waals surface area (Å²) in [6.07, 6.45) is 0.898. The number of nitrogens with one attached hydrogen (secondary N) is 1. The highest BCUT2D eigenvalue weighted by atomic mass is 35.5. The molecule has 166 valence electrons. The number of aromatic hydroxyl groups is 1. The summed E-state index contributed by atoms with van der Waals surface area (Å²) < 4.78 is 12.0. The molecule has 4 nitrogen and oxygen atoms in total. The van der Waals surface area contributed by atoms with Gasteiger partial charge in [0.1, 0.15) is 23.4 Å². The molecule has 1 atom stereocenters. The molecule has 0 aliphatic rings. The van der Waals surface area contributed by atoms with Crippen molar-refractivity contribution in [1.29, 1.82) is 0 Å². The first-order chi connectivity index (χ1) is 14.1. The number of hydrogen-bond acceptors (Lipinski definition) is 4. The summed E-state index contributed by atoms with van der Waals surface area (Å²) in [5.74, 6) is 2.40. The minimum Gasteiger partial charge on any atom is -0.507 e. The predicted octanol–water partition coefficient (Wildman–Crippen LogP) is 6.36. The summed E-state index contributed by atoms with van der Waals surface area (Å²) in [4.78, 5) is 0. The van der Waals surface area contributed by atoms with Crippen molar-refractivity contribution in [3.8, 4) is 17.2 Å². The number of rotatable bonds is 9. The zero-order valence-corrected chi connectivity index (χ0v) is 20.3. The molecule has 0 aromatic heterocycles. The van der Waals surface area contributed by atoms with E-state index in [-0.39, 0.29) is 6.10 Å². The average molecular weight is 434 g/mol. The molecule has 0 saturated heterocycles. The van der Waals surface area contributed by atoms with Crippen molar-refractivity contribution >= 4 is 11.6 Å². The van der Waals surface area contributed by atoms with Crippen molar-refractivity contribution in [1.82, 2.24) is 5.32 Å². The molecule has 0 saturated carbocycles. The fraction of sp³-hybridized carbons (Fsp3) is 0.520. The van der Waals surface area contributed by atoms with E-state index in [4.69, 9.17) is 21.1 Å². The van der Waals surface area contributed by atoms with E-state index in [1.807, 2.05) is 39.8 Å². The molecule has 0 fully saturated rings. The minimum atomic E-state index is 0.0227. The van der Waals surface area contributed by atoms with Crippen molar-refractivity contribution in [2.45, 2.75) is 73.5 Å². The van der Waals surface area contributed by atoms with Crippen LogP contribution in [-0.4, -0.2) is 24.9 Å². The van der Waals surface area contributed by atoms with E-state index < -0.39 is 0 Å². The third-order valence-corrected chi connectivity index (χ3v) is 6.29. The number of benzene rings is 2. The molecule has 0 bridgehead atoms. The van der Waals surface area contributed by atoms with Gasteiger partial charge >= 0.3 is 0 Å². The van der Waals surface area contributed by atoms with E-state index in [1.54, 1.807) is 7.11 Å². The lowest BCUT2D eigenvalue weighted by atomic mass is 9.97. The monoisotopic (exact) mass is 433 g/mol. The van der Waals surface area contributed by atoms with E-state index in [2.05, 4.69) is 26.1 Å². The predicted molar refractivity (Wildman–Crippen MR) is 126 cm³/mol. The summed E-state index contributed by atoms with van der Waals surface area (Å²) >= 11 is 6.33. The van der Waals surface area contributed by atoms with Crippen molar-refractivity contribution < 1.29 is 14.6 Å². The van der Waals surface area contributed by atoms with Gasteiger partial charge in [0, 0.05) is 23.7 Å². The van der Waals surface area contributed by atoms with Gasteiger partial charge in [-0.05, 0) is 80.0 Å². The highest BCUT2D eigenvalue weighted by molar-refractivity contribution is 6.31. The molecule has 30 heavy (non-hydrogen) atoms. The summed E-state index contributed by atoms with van der Waals surface area (Å²) in [5.41, 5.74) is 5.82. The number of halogens is 1. The Morgan fingerprint density at radius 2 is 1.73 bits per heavy atom. The normalized spacial score (nSPS) is 12.3. The lowest BCUT2D eigenvalue weighted by Gasteiger charge is -2.23. The van der Waals surface area contributed by atoms with Crippen LogP contribution in [0.25, 0.3) is 0 Å². The first-order valence-corrected chi connectivity index (χ1v) is 11.0. The highest BCUT2D eigenvalue weighted by Crippen LogP contribution is 2.37. The van der Waals surface area contributed by atoms with Crippen LogP contribution in [0.3, 0.4) is 0 Å². The van der Waals surface area contributed by atoms with Crippen LogP contribution in [0.2, 0.25) is 5.02 Å². The van der Waals surface area contributed by atoms with Gasteiger partial charge in [-0.2, -0.15) is 0 Å². The Bertz CT molecular complexity index is 893. The molecule has 2 N–H and O–H groups in total. The zero-order chi connectivity index (χ0) is 22.6. The lowest BCUT2D eigenvalue weighted by molar-refractivity contribution is 0.190. The number of hydrogen-bond donors (Lipinski definition) is 2. The average Bonchev–Trinajstić information content (AvgIpc) is 2.71. The molecule has 0 radical (unpaired) electrons. The first-order valence-electron chi connectivity index (χ1n) is 10.6. The summed E-state index contributed by atoms with van der Waals surface area (Å²) in [7, 11) is 1.68. The molecule has 2 aromatic carbocycles. The van der Waals surface area contributed by atoms with Crippen molar-refractivity contribution in [3.05, 3.63) is 50.5 Å². The van der Waals surface area contributed by atoms with Gasteiger partial charge in [-0.3, -0.25) is 0 Å². The molecular weight excluding hydrogens is 398 g/mol. The minimum absolute atomic E-state index is 0.0227. The largest absolute Gasteiger partial charge is 0.507 e. The third-order valence-electron chi connectivity index (χ3n) is 5.88. The van der Waals surface area contributed by atoms with Gasteiger partial charge in [0.25, 0.3) is 0 Å². The van der Waals surface area contributed by atoms with Crippen molar-refractivity contribution in [3.63, 3.8) is 0 Å². The maximum atomic E-state index is 10.4. The topological polar surface area (TPSA) is 50.7 Å². The smallest absolute Gasteiger partial charge is 0.127 e. The summed E-state index contributed by atoms with van der Waals surface area (Å²) in [6.45, 7) is 15.5. The third kappa shape index (κ3) is 5.22. The Balaban J connectivity index is 2.16. The number of aryl methyl sites for hydroxylation is 1. The molecule has 0 amide bonds. The maximum Gasteiger partial charge on any atom is 0.127 e. The van der Waals surface area contributed by atoms with E-state index in [0.717, 1.165) is 56.3 Å². The SMILES string of the molecule is CCC(CNCc1c(C)c(O)c(C)c(C)c1OC)Oc1cc(C)c(Cl)cc1C(C)C. The van der Waals surface area contributed by atoms with Crippen LogP contribution in [0.15, 0.2) is 12.1 Å². The van der Waals surface area contributed by atoms with Gasteiger partial charge in [0.2, 0.25) is 0 Å². The molecule has 2 aromatic rings. The van der Waals surface area contributed by atoms with Crippen LogP contribution in [0.1, 0.15) is 66.5 Å². The molecule has 0 heterocycles. The second kappa shape index (κ2) is 10.4. The Hall–Kier alpha value is -1.91. The molecule has 5 heteroatoms. The van der Waals surface area contributed by atoms with Gasteiger partial charge in [0.05, 0.1) is 7.11 Å². The first kappa shape index (κ1) is 24.4. The van der Waals surface area contributed by atoms with E-state index in [1.165, 1.54) is 0 Å². The van der Waals surface area contributed by atoms with E-state index in [0.29, 0.717) is 24.8 Å².